The van der Waals surface area contributed by atoms with Gasteiger partial charge in [-0.2, -0.15) is 0 Å². The second-order valence-corrected chi connectivity index (χ2v) is 5.38. The smallest absolute Gasteiger partial charge is 0.290 e. The van der Waals surface area contributed by atoms with Crippen molar-refractivity contribution in [2.24, 2.45) is 0 Å². The number of piperidine rings is 1. The third kappa shape index (κ3) is 3.03. The highest BCUT2D eigenvalue weighted by Crippen LogP contribution is 2.33. The SMILES string of the molecule is O=C(c1cc(Cl)c(Cl)c([N+](=O)[O-])c1)N1CCCC(O)C1. The van der Waals surface area contributed by atoms with E-state index >= 15 is 0 Å². The quantitative estimate of drug-likeness (QED) is 0.670. The molecule has 1 N–H and O–H groups in total. The molecule has 0 spiro atoms. The van der Waals surface area contributed by atoms with Gasteiger partial charge in [-0.1, -0.05) is 23.2 Å². The first kappa shape index (κ1) is 15.0. The summed E-state index contributed by atoms with van der Waals surface area (Å²) in [4.78, 5) is 23.9. The highest BCUT2D eigenvalue weighted by atomic mass is 35.5. The predicted molar refractivity (Wildman–Crippen MR) is 74.3 cm³/mol. The first-order valence-electron chi connectivity index (χ1n) is 6.01. The highest BCUT2D eigenvalue weighted by molar-refractivity contribution is 6.43. The lowest BCUT2D eigenvalue weighted by atomic mass is 10.1. The van der Waals surface area contributed by atoms with Gasteiger partial charge in [-0.15, -0.1) is 0 Å². The van der Waals surface area contributed by atoms with Crippen LogP contribution in [0, 0.1) is 10.1 Å². The Bertz CT molecular complexity index is 565. The van der Waals surface area contributed by atoms with E-state index in [0.717, 1.165) is 6.07 Å². The zero-order valence-corrected chi connectivity index (χ0v) is 11.9. The number of nitrogens with zero attached hydrogens (tertiary/aromatic N) is 2. The number of aliphatic hydroxyl groups is 1. The number of hydrogen-bond donors (Lipinski definition) is 1. The van der Waals surface area contributed by atoms with E-state index in [0.29, 0.717) is 19.4 Å². The van der Waals surface area contributed by atoms with Crippen LogP contribution in [-0.4, -0.2) is 40.0 Å². The van der Waals surface area contributed by atoms with E-state index < -0.39 is 22.6 Å². The number of hydrogen-bond acceptors (Lipinski definition) is 4. The predicted octanol–water partition coefficient (Wildman–Crippen LogP) is 2.50. The van der Waals surface area contributed by atoms with Gasteiger partial charge < -0.3 is 10.0 Å². The van der Waals surface area contributed by atoms with Gasteiger partial charge in [0.1, 0.15) is 5.02 Å². The second kappa shape index (κ2) is 5.95. The lowest BCUT2D eigenvalue weighted by Crippen LogP contribution is -2.42. The van der Waals surface area contributed by atoms with Crippen LogP contribution in [0.3, 0.4) is 0 Å². The fourth-order valence-electron chi connectivity index (χ4n) is 2.15. The van der Waals surface area contributed by atoms with Crippen LogP contribution in [0.5, 0.6) is 0 Å². The molecule has 1 amide bonds. The first-order valence-corrected chi connectivity index (χ1v) is 6.76. The van der Waals surface area contributed by atoms with Gasteiger partial charge in [-0.05, 0) is 18.9 Å². The minimum Gasteiger partial charge on any atom is -0.391 e. The average molecular weight is 319 g/mol. The number of carbonyl (C=O) groups excluding carboxylic acids is 1. The maximum absolute atomic E-state index is 12.3. The summed E-state index contributed by atoms with van der Waals surface area (Å²) in [5, 5.41) is 20.2. The average Bonchev–Trinajstić information content (AvgIpc) is 2.40. The van der Waals surface area contributed by atoms with Gasteiger partial charge in [0, 0.05) is 24.7 Å². The Balaban J connectivity index is 2.32. The molecule has 0 aliphatic carbocycles. The first-order chi connectivity index (χ1) is 9.40. The number of nitro groups is 1. The highest BCUT2D eigenvalue weighted by Gasteiger charge is 2.26. The Kier molecular flexibility index (Phi) is 4.47. The summed E-state index contributed by atoms with van der Waals surface area (Å²) in [6, 6.07) is 2.41. The summed E-state index contributed by atoms with van der Waals surface area (Å²) in [5.74, 6) is -0.398. The van der Waals surface area contributed by atoms with Gasteiger partial charge in [0.15, 0.2) is 0 Å². The van der Waals surface area contributed by atoms with Crippen LogP contribution in [0.1, 0.15) is 23.2 Å². The number of carbonyl (C=O) groups is 1. The molecule has 0 aromatic heterocycles. The third-order valence-corrected chi connectivity index (χ3v) is 3.93. The van der Waals surface area contributed by atoms with Crippen LogP contribution >= 0.6 is 23.2 Å². The van der Waals surface area contributed by atoms with E-state index in [4.69, 9.17) is 23.2 Å². The molecule has 1 atom stereocenters. The summed E-state index contributed by atoms with van der Waals surface area (Å²) in [7, 11) is 0. The molecular formula is C12H12Cl2N2O4. The minimum atomic E-state index is -0.684. The minimum absolute atomic E-state index is 0.0400. The molecule has 1 aliphatic rings. The largest absolute Gasteiger partial charge is 0.391 e. The number of aliphatic hydroxyl groups excluding tert-OH is 1. The topological polar surface area (TPSA) is 83.7 Å². The Morgan fingerprint density at radius 1 is 1.45 bits per heavy atom. The van der Waals surface area contributed by atoms with Crippen molar-refractivity contribution >= 4 is 34.8 Å². The third-order valence-electron chi connectivity index (χ3n) is 3.14. The van der Waals surface area contributed by atoms with E-state index in [1.807, 2.05) is 0 Å². The molecule has 1 heterocycles. The maximum atomic E-state index is 12.3. The summed E-state index contributed by atoms with van der Waals surface area (Å²) in [6.45, 7) is 0.719. The molecule has 0 radical (unpaired) electrons. The van der Waals surface area contributed by atoms with Crippen LogP contribution in [-0.2, 0) is 0 Å². The molecular weight excluding hydrogens is 307 g/mol. The molecule has 1 aliphatic heterocycles. The molecule has 1 fully saturated rings. The Hall–Kier alpha value is -1.37. The monoisotopic (exact) mass is 318 g/mol. The molecule has 1 aromatic carbocycles. The maximum Gasteiger partial charge on any atom is 0.290 e. The van der Waals surface area contributed by atoms with E-state index in [2.05, 4.69) is 0 Å². The number of nitro benzene ring substituents is 1. The van der Waals surface area contributed by atoms with Crippen molar-refractivity contribution in [2.45, 2.75) is 18.9 Å². The molecule has 1 saturated heterocycles. The second-order valence-electron chi connectivity index (χ2n) is 4.60. The molecule has 1 aromatic rings. The number of amides is 1. The molecule has 0 saturated carbocycles. The summed E-state index contributed by atoms with van der Waals surface area (Å²) >= 11 is 11.6. The Morgan fingerprint density at radius 3 is 2.75 bits per heavy atom. The zero-order valence-electron chi connectivity index (χ0n) is 10.4. The summed E-state index contributed by atoms with van der Waals surface area (Å²) in [6.07, 6.45) is 0.771. The normalized spacial score (nSPS) is 18.9. The fourth-order valence-corrected chi connectivity index (χ4v) is 2.55. The van der Waals surface area contributed by atoms with Crippen LogP contribution in [0.2, 0.25) is 10.0 Å². The van der Waals surface area contributed by atoms with Gasteiger partial charge >= 0.3 is 0 Å². The van der Waals surface area contributed by atoms with Gasteiger partial charge in [-0.3, -0.25) is 14.9 Å². The van der Waals surface area contributed by atoms with Gasteiger partial charge in [0.05, 0.1) is 16.0 Å². The van der Waals surface area contributed by atoms with Gasteiger partial charge in [-0.25, -0.2) is 0 Å². The molecule has 0 bridgehead atoms. The lowest BCUT2D eigenvalue weighted by Gasteiger charge is -2.30. The van der Waals surface area contributed by atoms with E-state index in [-0.39, 0.29) is 22.2 Å². The van der Waals surface area contributed by atoms with Crippen LogP contribution in [0.25, 0.3) is 0 Å². The standard InChI is InChI=1S/C12H12Cl2N2O4/c13-9-4-7(5-10(11(9)14)16(19)20)12(18)15-3-1-2-8(17)6-15/h4-5,8,17H,1-3,6H2. The van der Waals surface area contributed by atoms with Crippen molar-refractivity contribution in [3.8, 4) is 0 Å². The Labute approximate surface area is 125 Å². The van der Waals surface area contributed by atoms with Crippen LogP contribution in [0.4, 0.5) is 5.69 Å². The van der Waals surface area contributed by atoms with Crippen molar-refractivity contribution in [3.05, 3.63) is 37.9 Å². The zero-order chi connectivity index (χ0) is 14.9. The molecule has 8 heteroatoms. The fraction of sp³-hybridized carbons (Fsp3) is 0.417. The Morgan fingerprint density at radius 2 is 2.15 bits per heavy atom. The summed E-state index contributed by atoms with van der Waals surface area (Å²) in [5.41, 5.74) is -0.305. The van der Waals surface area contributed by atoms with E-state index in [1.54, 1.807) is 0 Å². The van der Waals surface area contributed by atoms with Gasteiger partial charge in [0.2, 0.25) is 0 Å². The molecule has 6 nitrogen and oxygen atoms in total. The van der Waals surface area contributed by atoms with Crippen molar-refractivity contribution < 1.29 is 14.8 Å². The number of β-amino-alcohol motifs (C(OH)–C–C–N with tert-alkyl or cyclic N) is 1. The molecule has 20 heavy (non-hydrogen) atoms. The van der Waals surface area contributed by atoms with Gasteiger partial charge in [0.25, 0.3) is 11.6 Å². The van der Waals surface area contributed by atoms with Crippen molar-refractivity contribution in [2.75, 3.05) is 13.1 Å². The summed E-state index contributed by atoms with van der Waals surface area (Å²) < 4.78 is 0. The molecule has 1 unspecified atom stereocenters. The van der Waals surface area contributed by atoms with Crippen molar-refractivity contribution in [1.29, 1.82) is 0 Å². The number of benzene rings is 1. The van der Waals surface area contributed by atoms with Crippen molar-refractivity contribution in [1.82, 2.24) is 4.90 Å². The van der Waals surface area contributed by atoms with Crippen LogP contribution < -0.4 is 0 Å². The van der Waals surface area contributed by atoms with E-state index in [1.165, 1.54) is 11.0 Å². The van der Waals surface area contributed by atoms with Crippen molar-refractivity contribution in [3.63, 3.8) is 0 Å². The molecule has 2 rings (SSSR count). The number of rotatable bonds is 2. The lowest BCUT2D eigenvalue weighted by molar-refractivity contribution is -0.384. The molecule has 108 valence electrons. The number of halogens is 2. The number of likely N-dealkylation sites (tertiary alicyclic amines) is 1. The van der Waals surface area contributed by atoms with E-state index in [9.17, 15) is 20.0 Å². The van der Waals surface area contributed by atoms with Crippen LogP contribution in [0.15, 0.2) is 12.1 Å².